The van der Waals surface area contributed by atoms with E-state index in [1.165, 1.54) is 16.7 Å². The van der Waals surface area contributed by atoms with E-state index < -0.39 is 0 Å². The summed E-state index contributed by atoms with van der Waals surface area (Å²) < 4.78 is 0. The highest BCUT2D eigenvalue weighted by atomic mass is 35.5. The molecule has 1 nitrogen and oxygen atoms in total. The minimum atomic E-state index is 0.241. The van der Waals surface area contributed by atoms with Crippen molar-refractivity contribution >= 4 is 29.4 Å². The Hall–Kier alpha value is -1.31. The molecule has 0 radical (unpaired) electrons. The summed E-state index contributed by atoms with van der Waals surface area (Å²) in [6, 6.07) is 14.3. The molecule has 102 valence electrons. The van der Waals surface area contributed by atoms with Crippen LogP contribution in [-0.4, -0.2) is 6.21 Å². The molecule has 1 aliphatic rings. The summed E-state index contributed by atoms with van der Waals surface area (Å²) >= 11 is 12.2. The van der Waals surface area contributed by atoms with E-state index in [1.54, 1.807) is 6.21 Å². The summed E-state index contributed by atoms with van der Waals surface area (Å²) in [4.78, 5) is 0. The first kappa shape index (κ1) is 13.7. The second-order valence-corrected chi connectivity index (χ2v) is 6.02. The summed E-state index contributed by atoms with van der Waals surface area (Å²) in [5.41, 5.74) is 3.78. The lowest BCUT2D eigenvalue weighted by atomic mass is 9.74. The van der Waals surface area contributed by atoms with Crippen molar-refractivity contribution in [3.63, 3.8) is 0 Å². The van der Waals surface area contributed by atoms with Crippen LogP contribution >= 0.6 is 23.2 Å². The number of rotatable bonds is 2. The molecule has 2 atom stereocenters. The average Bonchev–Trinajstić information content (AvgIpc) is 2.49. The molecule has 0 saturated heterocycles. The molecule has 0 bridgehead atoms. The van der Waals surface area contributed by atoms with Crippen LogP contribution < -0.4 is 0 Å². The van der Waals surface area contributed by atoms with Crippen LogP contribution in [0.4, 0.5) is 0 Å². The van der Waals surface area contributed by atoms with Gasteiger partial charge in [0.2, 0.25) is 0 Å². The number of benzene rings is 2. The van der Waals surface area contributed by atoms with Gasteiger partial charge in [-0.05, 0) is 41.7 Å². The largest absolute Gasteiger partial charge is 0.312 e. The monoisotopic (exact) mass is 303 g/mol. The molecule has 1 unspecified atom stereocenters. The van der Waals surface area contributed by atoms with E-state index in [1.807, 2.05) is 18.2 Å². The van der Waals surface area contributed by atoms with Crippen molar-refractivity contribution in [3.8, 4) is 0 Å². The van der Waals surface area contributed by atoms with E-state index in [4.69, 9.17) is 28.6 Å². The molecule has 3 heteroatoms. The van der Waals surface area contributed by atoms with Crippen molar-refractivity contribution in [2.75, 3.05) is 0 Å². The van der Waals surface area contributed by atoms with Gasteiger partial charge in [-0.2, -0.15) is 0 Å². The third-order valence-corrected chi connectivity index (χ3v) is 4.82. The molecular formula is C17H15Cl2N. The smallest absolute Gasteiger partial charge is 0.0595 e. The van der Waals surface area contributed by atoms with Crippen molar-refractivity contribution < 1.29 is 0 Å². The fourth-order valence-electron chi connectivity index (χ4n) is 3.07. The summed E-state index contributed by atoms with van der Waals surface area (Å²) in [7, 11) is 0. The summed E-state index contributed by atoms with van der Waals surface area (Å²) in [6.07, 6.45) is 3.60. The Labute approximate surface area is 129 Å². The maximum atomic E-state index is 7.60. The Morgan fingerprint density at radius 1 is 0.950 bits per heavy atom. The van der Waals surface area contributed by atoms with Gasteiger partial charge in [-0.3, -0.25) is 0 Å². The predicted octanol–water partition coefficient (Wildman–Crippen LogP) is 5.65. The number of hydrogen-bond acceptors (Lipinski definition) is 1. The molecule has 0 aliphatic heterocycles. The first-order valence-corrected chi connectivity index (χ1v) is 7.50. The highest BCUT2D eigenvalue weighted by Crippen LogP contribution is 2.42. The summed E-state index contributed by atoms with van der Waals surface area (Å²) in [6.45, 7) is 0. The maximum Gasteiger partial charge on any atom is 0.0595 e. The van der Waals surface area contributed by atoms with E-state index in [0.29, 0.717) is 16.0 Å². The molecule has 2 aromatic carbocycles. The second kappa shape index (κ2) is 5.59. The Morgan fingerprint density at radius 3 is 2.40 bits per heavy atom. The molecule has 0 amide bonds. The SMILES string of the molecule is N=CC1CC[C@@H](c2ccc(Cl)c(Cl)c2)c2ccccc21. The Bertz CT molecular complexity index is 651. The van der Waals surface area contributed by atoms with Gasteiger partial charge in [-0.1, -0.05) is 53.5 Å². The van der Waals surface area contributed by atoms with Gasteiger partial charge in [-0.15, -0.1) is 0 Å². The van der Waals surface area contributed by atoms with Crippen molar-refractivity contribution in [1.29, 1.82) is 5.41 Å². The first-order chi connectivity index (χ1) is 9.70. The fourth-order valence-corrected chi connectivity index (χ4v) is 3.38. The lowest BCUT2D eigenvalue weighted by molar-refractivity contribution is 0.594. The Morgan fingerprint density at radius 2 is 1.70 bits per heavy atom. The number of halogens is 2. The van der Waals surface area contributed by atoms with Gasteiger partial charge in [0, 0.05) is 18.1 Å². The van der Waals surface area contributed by atoms with Crippen LogP contribution in [-0.2, 0) is 0 Å². The summed E-state index contributed by atoms with van der Waals surface area (Å²) in [5.74, 6) is 0.586. The second-order valence-electron chi connectivity index (χ2n) is 5.21. The molecule has 2 aromatic rings. The molecule has 0 aromatic heterocycles. The zero-order valence-electron chi connectivity index (χ0n) is 10.9. The van der Waals surface area contributed by atoms with Crippen LogP contribution in [0.3, 0.4) is 0 Å². The highest BCUT2D eigenvalue weighted by Gasteiger charge is 2.27. The zero-order valence-corrected chi connectivity index (χ0v) is 12.5. The van der Waals surface area contributed by atoms with Gasteiger partial charge in [0.15, 0.2) is 0 Å². The van der Waals surface area contributed by atoms with Crippen LogP contribution in [0.5, 0.6) is 0 Å². The van der Waals surface area contributed by atoms with E-state index >= 15 is 0 Å². The van der Waals surface area contributed by atoms with Crippen molar-refractivity contribution in [1.82, 2.24) is 0 Å². The topological polar surface area (TPSA) is 23.9 Å². The molecule has 20 heavy (non-hydrogen) atoms. The Kier molecular flexibility index (Phi) is 3.82. The van der Waals surface area contributed by atoms with E-state index in [-0.39, 0.29) is 5.92 Å². The van der Waals surface area contributed by atoms with Crippen LogP contribution in [0.15, 0.2) is 42.5 Å². The molecule has 0 spiro atoms. The highest BCUT2D eigenvalue weighted by molar-refractivity contribution is 6.42. The van der Waals surface area contributed by atoms with Gasteiger partial charge in [-0.25, -0.2) is 0 Å². The van der Waals surface area contributed by atoms with Gasteiger partial charge >= 0.3 is 0 Å². The van der Waals surface area contributed by atoms with Crippen LogP contribution in [0, 0.1) is 5.41 Å². The van der Waals surface area contributed by atoms with Gasteiger partial charge in [0.05, 0.1) is 10.0 Å². The number of fused-ring (bicyclic) bond motifs is 1. The van der Waals surface area contributed by atoms with Crippen LogP contribution in [0.2, 0.25) is 10.0 Å². The van der Waals surface area contributed by atoms with Crippen molar-refractivity contribution in [2.45, 2.75) is 24.7 Å². The molecule has 1 aliphatic carbocycles. The molecule has 0 heterocycles. The zero-order chi connectivity index (χ0) is 14.1. The fraction of sp³-hybridized carbons (Fsp3) is 0.235. The van der Waals surface area contributed by atoms with E-state index in [9.17, 15) is 0 Å². The van der Waals surface area contributed by atoms with E-state index in [0.717, 1.165) is 12.8 Å². The average molecular weight is 304 g/mol. The summed E-state index contributed by atoms with van der Waals surface area (Å²) in [5, 5.41) is 8.80. The number of nitrogens with one attached hydrogen (secondary N) is 1. The molecule has 3 rings (SSSR count). The van der Waals surface area contributed by atoms with Crippen LogP contribution in [0.25, 0.3) is 0 Å². The lowest BCUT2D eigenvalue weighted by Crippen LogP contribution is -2.16. The standard InChI is InChI=1S/C17H15Cl2N/c18-16-8-6-11(9-17(16)19)14-7-5-12(10-20)13-3-1-2-4-15(13)14/h1-4,6,8-10,12,14,20H,5,7H2/t12?,14-/m0/s1. The lowest BCUT2D eigenvalue weighted by Gasteiger charge is -2.30. The van der Waals surface area contributed by atoms with E-state index in [2.05, 4.69) is 24.3 Å². The number of hydrogen-bond donors (Lipinski definition) is 1. The third kappa shape index (κ3) is 2.36. The Balaban J connectivity index is 2.07. The quantitative estimate of drug-likeness (QED) is 0.693. The minimum absolute atomic E-state index is 0.241. The third-order valence-electron chi connectivity index (χ3n) is 4.08. The minimum Gasteiger partial charge on any atom is -0.312 e. The predicted molar refractivity (Wildman–Crippen MR) is 85.5 cm³/mol. The molecular weight excluding hydrogens is 289 g/mol. The van der Waals surface area contributed by atoms with Crippen LogP contribution in [0.1, 0.15) is 41.4 Å². The van der Waals surface area contributed by atoms with Crippen molar-refractivity contribution in [3.05, 3.63) is 69.2 Å². The van der Waals surface area contributed by atoms with Gasteiger partial charge in [0.25, 0.3) is 0 Å². The molecule has 0 fully saturated rings. The van der Waals surface area contributed by atoms with Gasteiger partial charge < -0.3 is 5.41 Å². The van der Waals surface area contributed by atoms with Gasteiger partial charge in [0.1, 0.15) is 0 Å². The van der Waals surface area contributed by atoms with Crippen molar-refractivity contribution in [2.24, 2.45) is 0 Å². The first-order valence-electron chi connectivity index (χ1n) is 6.75. The normalized spacial score (nSPS) is 21.3. The molecule has 1 N–H and O–H groups in total. The molecule has 0 saturated carbocycles. The maximum absolute atomic E-state index is 7.60.